The molecule has 0 radical (unpaired) electrons. The van der Waals surface area contributed by atoms with Crippen LogP contribution in [0.1, 0.15) is 23.6 Å². The first kappa shape index (κ1) is 25.2. The summed E-state index contributed by atoms with van der Waals surface area (Å²) in [5, 5.41) is 0.695. The molecule has 0 bridgehead atoms. The van der Waals surface area contributed by atoms with Crippen molar-refractivity contribution in [3.8, 4) is 5.75 Å². The van der Waals surface area contributed by atoms with Crippen LogP contribution in [0, 0.1) is 0 Å². The Hall–Kier alpha value is -2.87. The highest BCUT2D eigenvalue weighted by Crippen LogP contribution is 2.30. The van der Waals surface area contributed by atoms with Crippen LogP contribution in [-0.2, 0) is 14.6 Å². The van der Waals surface area contributed by atoms with Gasteiger partial charge in [0.15, 0.2) is 9.84 Å². The summed E-state index contributed by atoms with van der Waals surface area (Å²) in [5.41, 5.74) is 2.33. The largest absolute Gasteiger partial charge is 0.497 e. The normalized spacial score (nSPS) is 15.5. The highest BCUT2D eigenvalue weighted by molar-refractivity contribution is 7.91. The van der Waals surface area contributed by atoms with Crippen molar-refractivity contribution in [2.24, 2.45) is 0 Å². The van der Waals surface area contributed by atoms with Crippen LogP contribution in [-0.4, -0.2) is 63.2 Å². The second-order valence-electron chi connectivity index (χ2n) is 8.53. The lowest BCUT2D eigenvalue weighted by molar-refractivity contribution is -0.132. The molecule has 0 unspecified atom stereocenters. The van der Waals surface area contributed by atoms with Gasteiger partial charge in [0.2, 0.25) is 5.91 Å². The molecule has 6 nitrogen and oxygen atoms in total. The number of nitrogens with zero attached hydrogens (tertiary/aromatic N) is 2. The Kier molecular flexibility index (Phi) is 8.11. The van der Waals surface area contributed by atoms with E-state index in [1.807, 2.05) is 42.5 Å². The van der Waals surface area contributed by atoms with Gasteiger partial charge in [-0.2, -0.15) is 0 Å². The number of sulfone groups is 1. The van der Waals surface area contributed by atoms with Crippen LogP contribution in [0.15, 0.2) is 83.8 Å². The van der Waals surface area contributed by atoms with Crippen molar-refractivity contribution in [2.75, 3.05) is 39.0 Å². The molecule has 3 aromatic carbocycles. The minimum atomic E-state index is -3.54. The van der Waals surface area contributed by atoms with Crippen LogP contribution in [0.2, 0.25) is 5.02 Å². The Morgan fingerprint density at radius 2 is 1.49 bits per heavy atom. The van der Waals surface area contributed by atoms with Crippen LogP contribution in [0.25, 0.3) is 0 Å². The minimum Gasteiger partial charge on any atom is -0.497 e. The Labute approximate surface area is 212 Å². The lowest BCUT2D eigenvalue weighted by Crippen LogP contribution is -2.50. The third kappa shape index (κ3) is 6.23. The fourth-order valence-corrected chi connectivity index (χ4v) is 5.76. The molecule has 1 aliphatic rings. The van der Waals surface area contributed by atoms with E-state index in [1.54, 1.807) is 17.0 Å². The number of ether oxygens (including phenoxy) is 1. The van der Waals surface area contributed by atoms with E-state index < -0.39 is 9.84 Å². The third-order valence-electron chi connectivity index (χ3n) is 6.34. The molecule has 0 aromatic heterocycles. The van der Waals surface area contributed by atoms with Crippen molar-refractivity contribution < 1.29 is 17.9 Å². The molecule has 4 rings (SSSR count). The number of carbonyl (C=O) groups excluding carboxylic acids is 1. The van der Waals surface area contributed by atoms with Gasteiger partial charge in [0, 0.05) is 37.6 Å². The summed E-state index contributed by atoms with van der Waals surface area (Å²) in [4.78, 5) is 17.2. The summed E-state index contributed by atoms with van der Waals surface area (Å²) >= 11 is 6.11. The van der Waals surface area contributed by atoms with Gasteiger partial charge in [0.1, 0.15) is 5.75 Å². The van der Waals surface area contributed by atoms with E-state index >= 15 is 0 Å². The Morgan fingerprint density at radius 1 is 0.886 bits per heavy atom. The van der Waals surface area contributed by atoms with E-state index in [1.165, 1.54) is 24.8 Å². The van der Waals surface area contributed by atoms with Crippen molar-refractivity contribution in [2.45, 2.75) is 17.4 Å². The molecule has 0 saturated carbocycles. The maximum atomic E-state index is 12.8. The van der Waals surface area contributed by atoms with E-state index in [9.17, 15) is 13.2 Å². The highest BCUT2D eigenvalue weighted by Gasteiger charge is 2.29. The van der Waals surface area contributed by atoms with Gasteiger partial charge in [-0.15, -0.1) is 0 Å². The van der Waals surface area contributed by atoms with Gasteiger partial charge < -0.3 is 9.64 Å². The third-order valence-corrected chi connectivity index (χ3v) is 8.32. The van der Waals surface area contributed by atoms with Crippen molar-refractivity contribution in [1.82, 2.24) is 9.80 Å². The summed E-state index contributed by atoms with van der Waals surface area (Å²) in [6.45, 7) is 2.50. The Balaban J connectivity index is 1.38. The molecule has 3 aromatic rings. The maximum absolute atomic E-state index is 12.8. The van der Waals surface area contributed by atoms with Gasteiger partial charge >= 0.3 is 0 Å². The Bertz CT molecular complexity index is 1220. The fraction of sp³-hybridized carbons (Fsp3) is 0.296. The predicted octanol–water partition coefficient (Wildman–Crippen LogP) is 4.45. The number of rotatable bonds is 8. The number of hydrogen-bond acceptors (Lipinski definition) is 5. The number of halogens is 1. The van der Waals surface area contributed by atoms with Crippen molar-refractivity contribution in [3.63, 3.8) is 0 Å². The number of hydrogen-bond donors (Lipinski definition) is 0. The fourth-order valence-electron chi connectivity index (χ4n) is 4.40. The van der Waals surface area contributed by atoms with Crippen LogP contribution >= 0.6 is 11.6 Å². The zero-order valence-corrected chi connectivity index (χ0v) is 21.2. The van der Waals surface area contributed by atoms with Crippen molar-refractivity contribution in [3.05, 3.63) is 95.0 Å². The average molecular weight is 513 g/mol. The van der Waals surface area contributed by atoms with Crippen molar-refractivity contribution >= 4 is 27.3 Å². The summed E-state index contributed by atoms with van der Waals surface area (Å²) in [6, 6.07) is 24.5. The van der Waals surface area contributed by atoms with E-state index in [0.29, 0.717) is 37.0 Å². The summed E-state index contributed by atoms with van der Waals surface area (Å²) in [5.74, 6) is 0.241. The molecule has 8 heteroatoms. The molecular formula is C27H29ClN2O4S. The molecule has 184 valence electrons. The lowest BCUT2D eigenvalue weighted by atomic mass is 9.96. The molecule has 0 N–H and O–H groups in total. The lowest BCUT2D eigenvalue weighted by Gasteiger charge is -2.40. The van der Waals surface area contributed by atoms with Crippen LogP contribution in [0.4, 0.5) is 0 Å². The first-order valence-electron chi connectivity index (χ1n) is 11.6. The predicted molar refractivity (Wildman–Crippen MR) is 138 cm³/mol. The summed E-state index contributed by atoms with van der Waals surface area (Å²) in [6.07, 6.45) is -0.0341. The topological polar surface area (TPSA) is 66.9 Å². The molecule has 1 amide bonds. The smallest absolute Gasteiger partial charge is 0.223 e. The maximum Gasteiger partial charge on any atom is 0.223 e. The Morgan fingerprint density at radius 3 is 2.09 bits per heavy atom. The van der Waals surface area contributed by atoms with Gasteiger partial charge in [-0.3, -0.25) is 9.69 Å². The molecule has 0 spiro atoms. The molecule has 1 aliphatic heterocycles. The molecule has 1 fully saturated rings. The number of carbonyl (C=O) groups is 1. The zero-order chi connectivity index (χ0) is 24.8. The minimum absolute atomic E-state index is 0.0341. The number of methoxy groups -OCH3 is 1. The van der Waals surface area contributed by atoms with Crippen LogP contribution in [0.3, 0.4) is 0 Å². The van der Waals surface area contributed by atoms with Gasteiger partial charge in [-0.1, -0.05) is 54.1 Å². The number of benzene rings is 3. The molecule has 35 heavy (non-hydrogen) atoms. The second-order valence-corrected chi connectivity index (χ2v) is 11.1. The number of amides is 1. The molecule has 1 saturated heterocycles. The van der Waals surface area contributed by atoms with Crippen LogP contribution in [0.5, 0.6) is 5.75 Å². The highest BCUT2D eigenvalue weighted by atomic mass is 35.5. The van der Waals surface area contributed by atoms with Gasteiger partial charge in [-0.25, -0.2) is 8.42 Å². The molecule has 1 atom stereocenters. The van der Waals surface area contributed by atoms with E-state index in [-0.39, 0.29) is 29.0 Å². The van der Waals surface area contributed by atoms with E-state index in [4.69, 9.17) is 16.3 Å². The quantitative estimate of drug-likeness (QED) is 0.446. The zero-order valence-electron chi connectivity index (χ0n) is 19.6. The van der Waals surface area contributed by atoms with Gasteiger partial charge in [0.25, 0.3) is 0 Å². The van der Waals surface area contributed by atoms with Crippen molar-refractivity contribution in [1.29, 1.82) is 0 Å². The van der Waals surface area contributed by atoms with E-state index in [2.05, 4.69) is 17.0 Å². The summed E-state index contributed by atoms with van der Waals surface area (Å²) < 4.78 is 30.4. The average Bonchev–Trinajstić information content (AvgIpc) is 2.90. The van der Waals surface area contributed by atoms with Crippen LogP contribution < -0.4 is 4.74 Å². The molecule has 1 heterocycles. The first-order chi connectivity index (χ1) is 16.9. The van der Waals surface area contributed by atoms with Gasteiger partial charge in [0.05, 0.1) is 23.8 Å². The first-order valence-corrected chi connectivity index (χ1v) is 13.6. The molecule has 0 aliphatic carbocycles. The standard InChI is InChI=1S/C27H29ClN2O4S/c1-34-24-11-13-25(14-12-24)35(32,33)20-15-26(31)29-16-18-30(19-17-29)27(21-5-3-2-4-6-21)22-7-9-23(28)10-8-22/h2-14,27H,15-20H2,1H3/t27-/m1/s1. The number of piperazine rings is 1. The summed E-state index contributed by atoms with van der Waals surface area (Å²) in [7, 11) is -2.02. The molecular weight excluding hydrogens is 484 g/mol. The SMILES string of the molecule is COc1ccc(S(=O)(=O)CCC(=O)N2CCN([C@H](c3ccccc3)c3ccc(Cl)cc3)CC2)cc1. The van der Waals surface area contributed by atoms with Gasteiger partial charge in [-0.05, 0) is 47.5 Å². The van der Waals surface area contributed by atoms with E-state index in [0.717, 1.165) is 5.56 Å². The second kappa shape index (κ2) is 11.2. The monoisotopic (exact) mass is 512 g/mol.